The number of nitrogens with two attached hydrogens (primary N) is 1. The topological polar surface area (TPSA) is 64.3 Å². The number of benzene rings is 2. The van der Waals surface area contributed by atoms with Crippen LogP contribution in [0, 0.1) is 6.92 Å². The lowest BCUT2D eigenvalue weighted by atomic mass is 10.1. The Bertz CT molecular complexity index is 671. The van der Waals surface area contributed by atoms with Crippen LogP contribution in [0.5, 0.6) is 5.75 Å². The summed E-state index contributed by atoms with van der Waals surface area (Å²) in [4.78, 5) is 12.4. The molecule has 0 aliphatic rings. The van der Waals surface area contributed by atoms with E-state index in [0.29, 0.717) is 34.3 Å². The van der Waals surface area contributed by atoms with Crippen molar-refractivity contribution < 1.29 is 9.53 Å². The van der Waals surface area contributed by atoms with Crippen LogP contribution in [-0.4, -0.2) is 12.5 Å². The first-order chi connectivity index (χ1) is 10.0. The Hall–Kier alpha value is -2.20. The first kappa shape index (κ1) is 15.2. The third kappa shape index (κ3) is 3.67. The predicted molar refractivity (Wildman–Crippen MR) is 86.2 cm³/mol. The second kappa shape index (κ2) is 6.50. The highest BCUT2D eigenvalue weighted by atomic mass is 35.5. The molecule has 0 heterocycles. The minimum absolute atomic E-state index is 0.247. The van der Waals surface area contributed by atoms with Gasteiger partial charge in [-0.05, 0) is 49.7 Å². The number of anilines is 2. The number of aryl methyl sites for hydroxylation is 1. The normalized spacial score (nSPS) is 10.2. The molecule has 2 aromatic carbocycles. The van der Waals surface area contributed by atoms with Gasteiger partial charge in [0.25, 0.3) is 5.91 Å². The summed E-state index contributed by atoms with van der Waals surface area (Å²) in [5, 5.41) is 3.34. The Balaban J connectivity index is 2.31. The summed E-state index contributed by atoms with van der Waals surface area (Å²) in [5.74, 6) is 0.333. The Labute approximate surface area is 128 Å². The number of rotatable bonds is 4. The van der Waals surface area contributed by atoms with Crippen LogP contribution in [-0.2, 0) is 0 Å². The summed E-state index contributed by atoms with van der Waals surface area (Å²) >= 11 is 5.98. The van der Waals surface area contributed by atoms with Crippen LogP contribution < -0.4 is 15.8 Å². The second-order valence-corrected chi connectivity index (χ2v) is 5.04. The van der Waals surface area contributed by atoms with Gasteiger partial charge >= 0.3 is 0 Å². The highest BCUT2D eigenvalue weighted by Gasteiger charge is 2.13. The number of carbonyl (C=O) groups excluding carboxylic acids is 1. The van der Waals surface area contributed by atoms with Gasteiger partial charge < -0.3 is 15.8 Å². The van der Waals surface area contributed by atoms with Crippen molar-refractivity contribution >= 4 is 28.9 Å². The van der Waals surface area contributed by atoms with E-state index < -0.39 is 0 Å². The maximum atomic E-state index is 12.4. The largest absolute Gasteiger partial charge is 0.492 e. The first-order valence-corrected chi connectivity index (χ1v) is 6.99. The fourth-order valence-electron chi connectivity index (χ4n) is 1.96. The Kier molecular flexibility index (Phi) is 4.70. The van der Waals surface area contributed by atoms with E-state index in [9.17, 15) is 4.79 Å². The van der Waals surface area contributed by atoms with Crippen molar-refractivity contribution in [3.63, 3.8) is 0 Å². The number of nitrogens with one attached hydrogen (secondary N) is 1. The van der Waals surface area contributed by atoms with E-state index in [1.165, 1.54) is 0 Å². The zero-order chi connectivity index (χ0) is 15.4. The number of carbonyl (C=O) groups is 1. The fourth-order valence-corrected chi connectivity index (χ4v) is 2.13. The predicted octanol–water partition coefficient (Wildman–Crippen LogP) is 3.88. The van der Waals surface area contributed by atoms with Gasteiger partial charge in [0.2, 0.25) is 0 Å². The fraction of sp³-hybridized carbons (Fsp3) is 0.188. The van der Waals surface area contributed by atoms with E-state index in [4.69, 9.17) is 22.1 Å². The number of nitrogen functional groups attached to an aromatic ring is 1. The summed E-state index contributed by atoms with van der Waals surface area (Å²) in [6.07, 6.45) is 0. The van der Waals surface area contributed by atoms with Crippen LogP contribution in [0.15, 0.2) is 36.4 Å². The van der Waals surface area contributed by atoms with Crippen molar-refractivity contribution in [2.45, 2.75) is 13.8 Å². The van der Waals surface area contributed by atoms with Gasteiger partial charge in [-0.1, -0.05) is 17.7 Å². The SMILES string of the molecule is CCOc1ccc(Cl)cc1NC(=O)c1cc(N)ccc1C. The van der Waals surface area contributed by atoms with Crippen molar-refractivity contribution in [3.05, 3.63) is 52.5 Å². The van der Waals surface area contributed by atoms with E-state index in [1.807, 2.05) is 19.9 Å². The molecule has 0 aliphatic heterocycles. The molecule has 21 heavy (non-hydrogen) atoms. The molecule has 0 aromatic heterocycles. The molecule has 110 valence electrons. The van der Waals surface area contributed by atoms with Crippen LogP contribution in [0.25, 0.3) is 0 Å². The van der Waals surface area contributed by atoms with Crippen molar-refractivity contribution in [2.24, 2.45) is 0 Å². The van der Waals surface area contributed by atoms with Gasteiger partial charge in [0.1, 0.15) is 5.75 Å². The number of hydrogen-bond acceptors (Lipinski definition) is 3. The zero-order valence-corrected chi connectivity index (χ0v) is 12.7. The molecule has 0 unspecified atom stereocenters. The monoisotopic (exact) mass is 304 g/mol. The Morgan fingerprint density at radius 1 is 1.29 bits per heavy atom. The minimum atomic E-state index is -0.247. The van der Waals surface area contributed by atoms with E-state index >= 15 is 0 Å². The number of ether oxygens (including phenoxy) is 1. The summed E-state index contributed by atoms with van der Waals surface area (Å²) in [5.41, 5.74) is 8.19. The van der Waals surface area contributed by atoms with E-state index in [-0.39, 0.29) is 5.91 Å². The molecule has 5 heteroatoms. The highest BCUT2D eigenvalue weighted by molar-refractivity contribution is 6.31. The summed E-state index contributed by atoms with van der Waals surface area (Å²) in [6.45, 7) is 4.24. The molecule has 0 radical (unpaired) electrons. The standard InChI is InChI=1S/C16H17ClN2O2/c1-3-21-15-7-5-11(17)8-14(15)19-16(20)13-9-12(18)6-4-10(13)2/h4-9H,3,18H2,1-2H3,(H,19,20). The lowest BCUT2D eigenvalue weighted by Crippen LogP contribution is -2.14. The molecule has 0 saturated heterocycles. The molecule has 0 aliphatic carbocycles. The number of hydrogen-bond donors (Lipinski definition) is 2. The summed E-state index contributed by atoms with van der Waals surface area (Å²) in [7, 11) is 0. The van der Waals surface area contributed by atoms with Crippen molar-refractivity contribution in [1.82, 2.24) is 0 Å². The zero-order valence-electron chi connectivity index (χ0n) is 11.9. The van der Waals surface area contributed by atoms with Gasteiger partial charge in [-0.15, -0.1) is 0 Å². The smallest absolute Gasteiger partial charge is 0.256 e. The highest BCUT2D eigenvalue weighted by Crippen LogP contribution is 2.29. The minimum Gasteiger partial charge on any atom is -0.492 e. The molecule has 4 nitrogen and oxygen atoms in total. The summed E-state index contributed by atoms with van der Waals surface area (Å²) in [6, 6.07) is 10.3. The lowest BCUT2D eigenvalue weighted by Gasteiger charge is -2.13. The van der Waals surface area contributed by atoms with Crippen molar-refractivity contribution in [3.8, 4) is 5.75 Å². The molecule has 2 rings (SSSR count). The first-order valence-electron chi connectivity index (χ1n) is 6.61. The molecule has 0 atom stereocenters. The third-order valence-corrected chi connectivity index (χ3v) is 3.23. The quantitative estimate of drug-likeness (QED) is 0.842. The van der Waals surface area contributed by atoms with Gasteiger partial charge in [0, 0.05) is 16.3 Å². The molecule has 0 bridgehead atoms. The second-order valence-electron chi connectivity index (χ2n) is 4.60. The molecule has 0 saturated carbocycles. The van der Waals surface area contributed by atoms with Gasteiger partial charge in [0.15, 0.2) is 0 Å². The number of halogens is 1. The molecule has 0 spiro atoms. The maximum absolute atomic E-state index is 12.4. The lowest BCUT2D eigenvalue weighted by molar-refractivity contribution is 0.102. The average molecular weight is 305 g/mol. The molecule has 3 N–H and O–H groups in total. The van der Waals surface area contributed by atoms with Crippen LogP contribution in [0.1, 0.15) is 22.8 Å². The molecule has 2 aromatic rings. The van der Waals surface area contributed by atoms with Crippen LogP contribution in [0.3, 0.4) is 0 Å². The maximum Gasteiger partial charge on any atom is 0.256 e. The van der Waals surface area contributed by atoms with Crippen LogP contribution in [0.2, 0.25) is 5.02 Å². The summed E-state index contributed by atoms with van der Waals surface area (Å²) < 4.78 is 5.48. The third-order valence-electron chi connectivity index (χ3n) is 3.00. The Morgan fingerprint density at radius 3 is 2.76 bits per heavy atom. The van der Waals surface area contributed by atoms with E-state index in [0.717, 1.165) is 5.56 Å². The number of amides is 1. The molecular weight excluding hydrogens is 288 g/mol. The molecule has 0 fully saturated rings. The van der Waals surface area contributed by atoms with Crippen molar-refractivity contribution in [1.29, 1.82) is 0 Å². The average Bonchev–Trinajstić information content (AvgIpc) is 2.44. The van der Waals surface area contributed by atoms with Crippen LogP contribution in [0.4, 0.5) is 11.4 Å². The Morgan fingerprint density at radius 2 is 2.05 bits per heavy atom. The van der Waals surface area contributed by atoms with E-state index in [1.54, 1.807) is 30.3 Å². The van der Waals surface area contributed by atoms with Gasteiger partial charge in [-0.2, -0.15) is 0 Å². The van der Waals surface area contributed by atoms with Crippen molar-refractivity contribution in [2.75, 3.05) is 17.7 Å². The van der Waals surface area contributed by atoms with E-state index in [2.05, 4.69) is 5.32 Å². The van der Waals surface area contributed by atoms with Gasteiger partial charge in [0.05, 0.1) is 12.3 Å². The van der Waals surface area contributed by atoms with Gasteiger partial charge in [-0.3, -0.25) is 4.79 Å². The van der Waals surface area contributed by atoms with Gasteiger partial charge in [-0.25, -0.2) is 0 Å². The van der Waals surface area contributed by atoms with Crippen LogP contribution >= 0.6 is 11.6 Å². The molecule has 1 amide bonds. The molecular formula is C16H17ClN2O2.